The molecule has 1 atom stereocenters. The first-order valence-electron chi connectivity index (χ1n) is 8.96. The molecule has 26 heavy (non-hydrogen) atoms. The first-order valence-corrected chi connectivity index (χ1v) is 8.96. The minimum absolute atomic E-state index is 0.0151. The van der Waals surface area contributed by atoms with Crippen LogP contribution >= 0.6 is 0 Å². The van der Waals surface area contributed by atoms with E-state index in [1.54, 1.807) is 17.1 Å². The van der Waals surface area contributed by atoms with Gasteiger partial charge in [0.1, 0.15) is 5.60 Å². The van der Waals surface area contributed by atoms with Gasteiger partial charge in [0.15, 0.2) is 0 Å². The Hall–Kier alpha value is -2.83. The molecule has 0 radical (unpaired) electrons. The van der Waals surface area contributed by atoms with Gasteiger partial charge in [-0.25, -0.2) is 4.79 Å². The number of benzene rings is 1. The van der Waals surface area contributed by atoms with Gasteiger partial charge in [-0.1, -0.05) is 30.3 Å². The molecule has 1 aromatic carbocycles. The molecule has 2 aromatic rings. The van der Waals surface area contributed by atoms with Crippen LogP contribution in [0.2, 0.25) is 0 Å². The molecule has 7 nitrogen and oxygen atoms in total. The summed E-state index contributed by atoms with van der Waals surface area (Å²) in [5.41, 5.74) is 1.28. The molecule has 7 heteroatoms. The molecule has 0 unspecified atom stereocenters. The molecule has 0 aliphatic carbocycles. The van der Waals surface area contributed by atoms with Crippen LogP contribution in [0.5, 0.6) is 0 Å². The van der Waals surface area contributed by atoms with Crippen molar-refractivity contribution < 1.29 is 14.3 Å². The van der Waals surface area contributed by atoms with Crippen LogP contribution in [-0.2, 0) is 11.3 Å². The SMILES string of the molecule is O=C1NC[C@]2(CCCN(C(=O)c3cnn(Cc4ccccc4)c3)CC2)O1. The van der Waals surface area contributed by atoms with Crippen molar-refractivity contribution in [2.24, 2.45) is 0 Å². The number of likely N-dealkylation sites (tertiary alicyclic amines) is 1. The summed E-state index contributed by atoms with van der Waals surface area (Å²) in [7, 11) is 0. The standard InChI is InChI=1S/C19H22N4O3/c24-17(16-11-21-23(13-16)12-15-5-2-1-3-6-15)22-9-4-7-19(8-10-22)14-20-18(25)26-19/h1-3,5-6,11,13H,4,7-10,12,14H2,(H,20,25)/t19-/m1/s1. The van der Waals surface area contributed by atoms with Crippen molar-refractivity contribution in [3.05, 3.63) is 53.9 Å². The highest BCUT2D eigenvalue weighted by Gasteiger charge is 2.41. The number of carbonyl (C=O) groups excluding carboxylic acids is 2. The van der Waals surface area contributed by atoms with Crippen LogP contribution < -0.4 is 5.32 Å². The topological polar surface area (TPSA) is 76.5 Å². The van der Waals surface area contributed by atoms with Crippen LogP contribution in [0.15, 0.2) is 42.7 Å². The zero-order valence-electron chi connectivity index (χ0n) is 14.6. The van der Waals surface area contributed by atoms with Gasteiger partial charge in [-0.15, -0.1) is 0 Å². The molecular weight excluding hydrogens is 332 g/mol. The van der Waals surface area contributed by atoms with Gasteiger partial charge in [0, 0.05) is 25.7 Å². The number of alkyl carbamates (subject to hydrolysis) is 1. The maximum atomic E-state index is 12.8. The van der Waals surface area contributed by atoms with E-state index < -0.39 is 5.60 Å². The van der Waals surface area contributed by atoms with Crippen molar-refractivity contribution in [3.63, 3.8) is 0 Å². The fourth-order valence-corrected chi connectivity index (χ4v) is 3.67. The van der Waals surface area contributed by atoms with Gasteiger partial charge in [0.25, 0.3) is 5.91 Å². The molecule has 0 saturated carbocycles. The number of hydrogen-bond donors (Lipinski definition) is 1. The van der Waals surface area contributed by atoms with Crippen molar-refractivity contribution in [3.8, 4) is 0 Å². The second kappa shape index (κ2) is 6.82. The summed E-state index contributed by atoms with van der Waals surface area (Å²) < 4.78 is 7.25. The molecule has 1 spiro atoms. The Morgan fingerprint density at radius 2 is 2.08 bits per heavy atom. The molecule has 2 amide bonds. The van der Waals surface area contributed by atoms with Gasteiger partial charge in [-0.3, -0.25) is 9.48 Å². The van der Waals surface area contributed by atoms with Gasteiger partial charge in [-0.05, 0) is 18.4 Å². The second-order valence-electron chi connectivity index (χ2n) is 6.98. The monoisotopic (exact) mass is 354 g/mol. The Morgan fingerprint density at radius 3 is 2.85 bits per heavy atom. The minimum Gasteiger partial charge on any atom is -0.441 e. The van der Waals surface area contributed by atoms with Gasteiger partial charge in [-0.2, -0.15) is 5.10 Å². The van der Waals surface area contributed by atoms with Gasteiger partial charge in [0.2, 0.25) is 0 Å². The largest absolute Gasteiger partial charge is 0.441 e. The van der Waals surface area contributed by atoms with E-state index in [-0.39, 0.29) is 12.0 Å². The number of hydrogen-bond acceptors (Lipinski definition) is 4. The third-order valence-corrected chi connectivity index (χ3v) is 5.12. The quantitative estimate of drug-likeness (QED) is 0.915. The number of rotatable bonds is 3. The number of nitrogens with one attached hydrogen (secondary N) is 1. The van der Waals surface area contributed by atoms with Crippen molar-refractivity contribution in [2.75, 3.05) is 19.6 Å². The van der Waals surface area contributed by atoms with Crippen molar-refractivity contribution >= 4 is 12.0 Å². The van der Waals surface area contributed by atoms with Crippen LogP contribution in [0.3, 0.4) is 0 Å². The highest BCUT2D eigenvalue weighted by molar-refractivity contribution is 5.93. The van der Waals surface area contributed by atoms with E-state index >= 15 is 0 Å². The fourth-order valence-electron chi connectivity index (χ4n) is 3.67. The summed E-state index contributed by atoms with van der Waals surface area (Å²) in [6.45, 7) is 2.42. The lowest BCUT2D eigenvalue weighted by molar-refractivity contribution is 0.0438. The van der Waals surface area contributed by atoms with Crippen LogP contribution in [-0.4, -0.2) is 51.9 Å². The zero-order valence-corrected chi connectivity index (χ0v) is 14.6. The molecule has 0 bridgehead atoms. The third-order valence-electron chi connectivity index (χ3n) is 5.12. The minimum atomic E-state index is -0.455. The second-order valence-corrected chi connectivity index (χ2v) is 6.98. The number of ether oxygens (including phenoxy) is 1. The Balaban J connectivity index is 1.41. The third kappa shape index (κ3) is 3.42. The van der Waals surface area contributed by atoms with E-state index in [0.29, 0.717) is 38.2 Å². The Labute approximate surface area is 151 Å². The maximum absolute atomic E-state index is 12.8. The lowest BCUT2D eigenvalue weighted by Crippen LogP contribution is -2.36. The average molecular weight is 354 g/mol. The Kier molecular flexibility index (Phi) is 4.36. The normalized spacial score (nSPS) is 22.8. The van der Waals surface area contributed by atoms with E-state index in [1.165, 1.54) is 0 Å². The summed E-state index contributed by atoms with van der Waals surface area (Å²) in [5, 5.41) is 7.05. The molecule has 2 aliphatic heterocycles. The summed E-state index contributed by atoms with van der Waals surface area (Å²) in [6, 6.07) is 10.0. The molecule has 2 saturated heterocycles. The van der Waals surface area contributed by atoms with Crippen LogP contribution in [0.4, 0.5) is 4.79 Å². The highest BCUT2D eigenvalue weighted by atomic mass is 16.6. The summed E-state index contributed by atoms with van der Waals surface area (Å²) in [5.74, 6) is -0.0151. The Bertz CT molecular complexity index is 804. The smallest absolute Gasteiger partial charge is 0.407 e. The molecule has 1 N–H and O–H groups in total. The van der Waals surface area contributed by atoms with Crippen molar-refractivity contribution in [1.29, 1.82) is 0 Å². The van der Waals surface area contributed by atoms with Gasteiger partial charge in [0.05, 0.1) is 24.8 Å². The summed E-state index contributed by atoms with van der Waals surface area (Å²) in [6.07, 6.45) is 5.33. The Morgan fingerprint density at radius 1 is 1.23 bits per heavy atom. The first kappa shape index (κ1) is 16.6. The summed E-state index contributed by atoms with van der Waals surface area (Å²) >= 11 is 0. The maximum Gasteiger partial charge on any atom is 0.407 e. The van der Waals surface area contributed by atoms with Crippen LogP contribution in [0, 0.1) is 0 Å². The number of amides is 2. The van der Waals surface area contributed by atoms with Gasteiger partial charge < -0.3 is 15.0 Å². The van der Waals surface area contributed by atoms with E-state index in [9.17, 15) is 9.59 Å². The van der Waals surface area contributed by atoms with Crippen molar-refractivity contribution in [1.82, 2.24) is 20.0 Å². The first-order chi connectivity index (χ1) is 12.6. The van der Waals surface area contributed by atoms with E-state index in [4.69, 9.17) is 4.74 Å². The molecular formula is C19H22N4O3. The average Bonchev–Trinajstić information content (AvgIpc) is 3.19. The molecule has 2 aliphatic rings. The fraction of sp³-hybridized carbons (Fsp3) is 0.421. The zero-order chi connectivity index (χ0) is 18.0. The van der Waals surface area contributed by atoms with Crippen LogP contribution in [0.25, 0.3) is 0 Å². The molecule has 2 fully saturated rings. The summed E-state index contributed by atoms with van der Waals surface area (Å²) in [4.78, 5) is 26.1. The predicted octanol–water partition coefficient (Wildman–Crippen LogP) is 2.04. The number of carbonyl (C=O) groups is 2. The number of nitrogens with zero attached hydrogens (tertiary/aromatic N) is 3. The van der Waals surface area contributed by atoms with Gasteiger partial charge >= 0.3 is 6.09 Å². The lowest BCUT2D eigenvalue weighted by Gasteiger charge is -2.24. The van der Waals surface area contributed by atoms with E-state index in [2.05, 4.69) is 10.4 Å². The van der Waals surface area contributed by atoms with E-state index in [0.717, 1.165) is 18.4 Å². The predicted molar refractivity (Wildman–Crippen MR) is 94.7 cm³/mol. The highest BCUT2D eigenvalue weighted by Crippen LogP contribution is 2.29. The van der Waals surface area contributed by atoms with Crippen LogP contribution in [0.1, 0.15) is 35.2 Å². The number of aromatic nitrogens is 2. The molecule has 4 rings (SSSR count). The molecule has 136 valence electrons. The molecule has 3 heterocycles. The van der Waals surface area contributed by atoms with E-state index in [1.807, 2.05) is 35.2 Å². The van der Waals surface area contributed by atoms with Crippen molar-refractivity contribution in [2.45, 2.75) is 31.4 Å². The lowest BCUT2D eigenvalue weighted by atomic mass is 9.95. The molecule has 1 aromatic heterocycles.